The normalized spacial score (nSPS) is 12.9. The molecule has 0 spiro atoms. The zero-order chi connectivity index (χ0) is 18.8. The van der Waals surface area contributed by atoms with Crippen LogP contribution in [0.15, 0.2) is 36.7 Å². The minimum atomic E-state index is -1.38. The van der Waals surface area contributed by atoms with E-state index in [2.05, 4.69) is 90.5 Å². The van der Waals surface area contributed by atoms with Gasteiger partial charge in [0.2, 0.25) is 0 Å². The van der Waals surface area contributed by atoms with E-state index < -0.39 is 16.1 Å². The second-order valence-electron chi connectivity index (χ2n) is 9.01. The Kier molecular flexibility index (Phi) is 6.05. The number of hydrogen-bond acceptors (Lipinski definition) is 2. The lowest BCUT2D eigenvalue weighted by Crippen LogP contribution is -2.44. The van der Waals surface area contributed by atoms with Gasteiger partial charge in [-0.15, -0.1) is 0 Å². The van der Waals surface area contributed by atoms with Gasteiger partial charge in [0.1, 0.15) is 0 Å². The predicted octanol–water partition coefficient (Wildman–Crippen LogP) is 4.72. The first-order valence-corrected chi connectivity index (χ1v) is 15.6. The molecule has 0 saturated heterocycles. The molecule has 0 aliphatic rings. The second-order valence-corrected chi connectivity index (χ2v) is 19.4. The molecular formula is C21H34N2Si2. The van der Waals surface area contributed by atoms with Crippen LogP contribution in [0.1, 0.15) is 39.1 Å². The van der Waals surface area contributed by atoms with Crippen molar-refractivity contribution in [1.82, 2.24) is 9.97 Å². The molecule has 25 heavy (non-hydrogen) atoms. The number of aromatic nitrogens is 2. The molecule has 0 bridgehead atoms. The van der Waals surface area contributed by atoms with Crippen molar-refractivity contribution in [1.29, 1.82) is 0 Å². The highest BCUT2D eigenvalue weighted by Crippen LogP contribution is 2.21. The summed E-state index contributed by atoms with van der Waals surface area (Å²) in [6.45, 7) is 19.0. The van der Waals surface area contributed by atoms with Gasteiger partial charge < -0.3 is 0 Å². The van der Waals surface area contributed by atoms with Crippen LogP contribution in [-0.4, -0.2) is 26.1 Å². The molecule has 4 heteroatoms. The van der Waals surface area contributed by atoms with Gasteiger partial charge in [0.15, 0.2) is 0 Å². The van der Waals surface area contributed by atoms with E-state index >= 15 is 0 Å². The Balaban J connectivity index is 2.13. The third-order valence-electron chi connectivity index (χ3n) is 6.39. The molecule has 0 fully saturated rings. The molecule has 0 aliphatic heterocycles. The molecule has 2 heterocycles. The van der Waals surface area contributed by atoms with E-state index in [4.69, 9.17) is 9.97 Å². The molecule has 136 valence electrons. The summed E-state index contributed by atoms with van der Waals surface area (Å²) < 4.78 is 0. The molecule has 0 aliphatic carbocycles. The van der Waals surface area contributed by atoms with Crippen LogP contribution in [0.4, 0.5) is 0 Å². The first-order chi connectivity index (χ1) is 11.5. The van der Waals surface area contributed by atoms with Gasteiger partial charge in [-0.1, -0.05) is 66.0 Å². The SMILES string of the molecule is CC(C)[Si](C)(C)c1ccc(Cc2ccc([Si](C)(C)C(C)C)cn2)nc1. The average molecular weight is 371 g/mol. The fourth-order valence-corrected chi connectivity index (χ4v) is 5.83. The quantitative estimate of drug-likeness (QED) is 0.688. The van der Waals surface area contributed by atoms with Gasteiger partial charge in [-0.3, -0.25) is 9.97 Å². The number of nitrogens with zero attached hydrogens (tertiary/aromatic N) is 2. The van der Waals surface area contributed by atoms with Crippen LogP contribution in [0.2, 0.25) is 37.3 Å². The van der Waals surface area contributed by atoms with E-state index in [1.807, 2.05) is 0 Å². The third-order valence-corrected chi connectivity index (χ3v) is 15.7. The topological polar surface area (TPSA) is 25.8 Å². The summed E-state index contributed by atoms with van der Waals surface area (Å²) in [5.41, 5.74) is 3.67. The Morgan fingerprint density at radius 1 is 0.680 bits per heavy atom. The molecule has 0 radical (unpaired) electrons. The third kappa shape index (κ3) is 4.47. The van der Waals surface area contributed by atoms with Crippen molar-refractivity contribution in [2.24, 2.45) is 0 Å². The van der Waals surface area contributed by atoms with E-state index in [1.165, 1.54) is 10.4 Å². The minimum absolute atomic E-state index is 0.725. The van der Waals surface area contributed by atoms with Crippen LogP contribution < -0.4 is 10.4 Å². The molecule has 0 unspecified atom stereocenters. The van der Waals surface area contributed by atoms with Crippen LogP contribution in [0.25, 0.3) is 0 Å². The van der Waals surface area contributed by atoms with E-state index in [9.17, 15) is 0 Å². The molecular weight excluding hydrogens is 336 g/mol. The Hall–Kier alpha value is -1.27. The van der Waals surface area contributed by atoms with Gasteiger partial charge >= 0.3 is 0 Å². The molecule has 2 aromatic heterocycles. The molecule has 2 rings (SSSR count). The van der Waals surface area contributed by atoms with Gasteiger partial charge in [-0.25, -0.2) is 0 Å². The highest BCUT2D eigenvalue weighted by Gasteiger charge is 2.28. The van der Waals surface area contributed by atoms with E-state index in [0.717, 1.165) is 28.9 Å². The predicted molar refractivity (Wildman–Crippen MR) is 116 cm³/mol. The smallest absolute Gasteiger partial charge is 0.0851 e. The molecule has 0 atom stereocenters. The minimum Gasteiger partial charge on any atom is -0.261 e. The zero-order valence-corrected chi connectivity index (χ0v) is 19.2. The van der Waals surface area contributed by atoms with E-state index in [0.29, 0.717) is 0 Å². The maximum absolute atomic E-state index is 4.73. The molecule has 0 aromatic carbocycles. The summed E-state index contributed by atoms with van der Waals surface area (Å²) in [4.78, 5) is 9.45. The van der Waals surface area contributed by atoms with Crippen LogP contribution in [0, 0.1) is 0 Å². The van der Waals surface area contributed by atoms with Crippen molar-refractivity contribution in [3.63, 3.8) is 0 Å². The number of rotatable bonds is 6. The van der Waals surface area contributed by atoms with Crippen LogP contribution in [0.3, 0.4) is 0 Å². The Morgan fingerprint density at radius 2 is 1.04 bits per heavy atom. The molecule has 0 amide bonds. The standard InChI is InChI=1S/C21H34N2Si2/c1-16(2)24(5,6)20-11-9-18(22-14-20)13-19-10-12-21(15-23-19)25(7,8)17(3)4/h9-12,14-17H,13H2,1-8H3. The van der Waals surface area contributed by atoms with Crippen molar-refractivity contribution < 1.29 is 0 Å². The summed E-state index contributed by atoms with van der Waals surface area (Å²) in [7, 11) is -2.77. The van der Waals surface area contributed by atoms with E-state index in [-0.39, 0.29) is 0 Å². The van der Waals surface area contributed by atoms with E-state index in [1.54, 1.807) is 0 Å². The lowest BCUT2D eigenvalue weighted by Gasteiger charge is -2.27. The lowest BCUT2D eigenvalue weighted by molar-refractivity contribution is 1.00. The van der Waals surface area contributed by atoms with Crippen LogP contribution >= 0.6 is 0 Å². The monoisotopic (exact) mass is 370 g/mol. The first kappa shape index (κ1) is 20.1. The van der Waals surface area contributed by atoms with Crippen molar-refractivity contribution in [3.05, 3.63) is 48.0 Å². The van der Waals surface area contributed by atoms with Crippen LogP contribution in [0.5, 0.6) is 0 Å². The summed E-state index contributed by atoms with van der Waals surface area (Å²) >= 11 is 0. The largest absolute Gasteiger partial charge is 0.261 e. The Bertz CT molecular complexity index is 625. The van der Waals surface area contributed by atoms with Crippen molar-refractivity contribution in [2.75, 3.05) is 0 Å². The highest BCUT2D eigenvalue weighted by atomic mass is 28.3. The molecule has 0 N–H and O–H groups in total. The van der Waals surface area contributed by atoms with Gasteiger partial charge in [0, 0.05) is 30.2 Å². The van der Waals surface area contributed by atoms with Gasteiger partial charge in [-0.05, 0) is 33.6 Å². The van der Waals surface area contributed by atoms with Crippen LogP contribution in [-0.2, 0) is 6.42 Å². The summed E-state index contributed by atoms with van der Waals surface area (Å²) in [5, 5.41) is 2.89. The Labute approximate surface area is 156 Å². The van der Waals surface area contributed by atoms with Gasteiger partial charge in [-0.2, -0.15) is 0 Å². The Morgan fingerprint density at radius 3 is 1.28 bits per heavy atom. The molecule has 2 aromatic rings. The van der Waals surface area contributed by atoms with Crippen molar-refractivity contribution in [3.8, 4) is 0 Å². The average Bonchev–Trinajstić information content (AvgIpc) is 2.55. The van der Waals surface area contributed by atoms with Crippen molar-refractivity contribution >= 4 is 26.5 Å². The summed E-state index contributed by atoms with van der Waals surface area (Å²) in [5.74, 6) is 0. The maximum Gasteiger partial charge on any atom is 0.0851 e. The number of hydrogen-bond donors (Lipinski definition) is 0. The fourth-order valence-electron chi connectivity index (χ4n) is 2.67. The zero-order valence-electron chi connectivity index (χ0n) is 17.2. The fraction of sp³-hybridized carbons (Fsp3) is 0.524. The first-order valence-electron chi connectivity index (χ1n) is 9.46. The molecule has 0 saturated carbocycles. The second kappa shape index (κ2) is 7.54. The maximum atomic E-state index is 4.73. The number of pyridine rings is 2. The lowest BCUT2D eigenvalue weighted by atomic mass is 10.2. The summed E-state index contributed by atoms with van der Waals surface area (Å²) in [6, 6.07) is 8.96. The van der Waals surface area contributed by atoms with Crippen molar-refractivity contribution in [2.45, 2.75) is 71.4 Å². The summed E-state index contributed by atoms with van der Waals surface area (Å²) in [6.07, 6.45) is 5.02. The van der Waals surface area contributed by atoms with Gasteiger partial charge in [0.25, 0.3) is 0 Å². The van der Waals surface area contributed by atoms with Gasteiger partial charge in [0.05, 0.1) is 16.1 Å². The highest BCUT2D eigenvalue weighted by molar-refractivity contribution is 6.91. The molecule has 2 nitrogen and oxygen atoms in total.